The molecule has 0 saturated heterocycles. The molecule has 2 aromatic rings. The Morgan fingerprint density at radius 1 is 1.04 bits per heavy atom. The van der Waals surface area contributed by atoms with Crippen molar-refractivity contribution in [1.29, 1.82) is 0 Å². The minimum atomic E-state index is -1.59. The molecule has 3 rings (SSSR count). The van der Waals surface area contributed by atoms with Crippen LogP contribution in [0.4, 0.5) is 13.2 Å². The summed E-state index contributed by atoms with van der Waals surface area (Å²) in [5, 5.41) is 0. The molecule has 0 amide bonds. The molecule has 1 fully saturated rings. The van der Waals surface area contributed by atoms with Crippen LogP contribution < -0.4 is 4.74 Å². The minimum absolute atomic E-state index is 0.270. The second-order valence-corrected chi connectivity index (χ2v) is 15.0. The Bertz CT molecular complexity index is 796. The van der Waals surface area contributed by atoms with E-state index in [1.165, 1.54) is 37.3 Å². The summed E-state index contributed by atoms with van der Waals surface area (Å²) in [5.41, 5.74) is 1.51. The lowest BCUT2D eigenvalue weighted by atomic mass is 9.79. The van der Waals surface area contributed by atoms with E-state index in [0.29, 0.717) is 32.7 Å². The van der Waals surface area contributed by atoms with Crippen LogP contribution in [-0.4, -0.2) is 24.0 Å². The zero-order valence-electron chi connectivity index (χ0n) is 16.0. The summed E-state index contributed by atoms with van der Waals surface area (Å²) in [6, 6.07) is 10.1. The monoisotopic (exact) mass is 422 g/mol. The SMILES string of the molecule is C[SiH2][SiH2]C[C@H]1CC[C@H](c2ccc(C(=O)Oc3cc(F)c(F)c(F)c3)cc2)CC1. The number of benzene rings is 2. The van der Waals surface area contributed by atoms with Crippen molar-refractivity contribution in [3.8, 4) is 5.75 Å². The summed E-state index contributed by atoms with van der Waals surface area (Å²) < 4.78 is 44.5. The maximum Gasteiger partial charge on any atom is 0.343 e. The lowest BCUT2D eigenvalue weighted by molar-refractivity contribution is 0.0733. The maximum absolute atomic E-state index is 13.2. The van der Waals surface area contributed by atoms with E-state index in [0.717, 1.165) is 5.92 Å². The Labute approximate surface area is 167 Å². The van der Waals surface area contributed by atoms with Crippen LogP contribution >= 0.6 is 0 Å². The van der Waals surface area contributed by atoms with Gasteiger partial charge in [0.1, 0.15) is 5.75 Å². The predicted molar refractivity (Wildman–Crippen MR) is 110 cm³/mol. The van der Waals surface area contributed by atoms with Gasteiger partial charge in [-0.3, -0.25) is 0 Å². The van der Waals surface area contributed by atoms with Crippen molar-refractivity contribution in [2.75, 3.05) is 0 Å². The summed E-state index contributed by atoms with van der Waals surface area (Å²) in [6.45, 7) is 2.42. The van der Waals surface area contributed by atoms with Crippen LogP contribution in [0.1, 0.15) is 47.5 Å². The van der Waals surface area contributed by atoms with Gasteiger partial charge in [0.25, 0.3) is 0 Å². The molecule has 0 heterocycles. The first-order valence-electron chi connectivity index (χ1n) is 9.94. The molecule has 150 valence electrons. The zero-order chi connectivity index (χ0) is 20.1. The number of hydrogen-bond acceptors (Lipinski definition) is 2. The lowest BCUT2D eigenvalue weighted by Gasteiger charge is -2.28. The zero-order valence-corrected chi connectivity index (χ0v) is 18.8. The summed E-state index contributed by atoms with van der Waals surface area (Å²) in [5.74, 6) is -3.99. The van der Waals surface area contributed by atoms with Gasteiger partial charge in [0, 0.05) is 30.2 Å². The molecule has 1 saturated carbocycles. The predicted octanol–water partition coefficient (Wildman–Crippen LogP) is 4.32. The van der Waals surface area contributed by atoms with Crippen molar-refractivity contribution in [1.82, 2.24) is 0 Å². The van der Waals surface area contributed by atoms with E-state index >= 15 is 0 Å². The smallest absolute Gasteiger partial charge is 0.343 e. The number of carbonyl (C=O) groups excluding carboxylic acids is 1. The third-order valence-corrected chi connectivity index (χ3v) is 10.9. The number of halogens is 3. The quantitative estimate of drug-likeness (QED) is 0.300. The van der Waals surface area contributed by atoms with Crippen LogP contribution in [-0.2, 0) is 0 Å². The van der Waals surface area contributed by atoms with Gasteiger partial charge in [0.15, 0.2) is 17.5 Å². The summed E-state index contributed by atoms with van der Waals surface area (Å²) in [6.07, 6.45) is 5.00. The fourth-order valence-corrected chi connectivity index (χ4v) is 8.45. The third-order valence-electron chi connectivity index (χ3n) is 5.60. The van der Waals surface area contributed by atoms with Crippen molar-refractivity contribution in [3.63, 3.8) is 0 Å². The average Bonchev–Trinajstić information content (AvgIpc) is 2.71. The van der Waals surface area contributed by atoms with Crippen LogP contribution in [0.3, 0.4) is 0 Å². The van der Waals surface area contributed by atoms with Gasteiger partial charge in [-0.1, -0.05) is 37.6 Å². The molecule has 0 atom stereocenters. The van der Waals surface area contributed by atoms with E-state index in [9.17, 15) is 18.0 Å². The summed E-state index contributed by atoms with van der Waals surface area (Å²) in [4.78, 5) is 12.2. The fraction of sp³-hybridized carbons (Fsp3) is 0.381. The average molecular weight is 423 g/mol. The standard InChI is InChI=1S/C21H25F3O2Si2/c1-27-28-12-13-2-4-14(5-3-13)15-6-8-16(9-7-15)21(25)26-17-10-18(22)20(24)19(23)11-17/h6-11,13-14H,2-5,12,27-28H2,1H3/t13-,14-. The molecule has 0 aromatic heterocycles. The molecule has 2 nitrogen and oxygen atoms in total. The molecule has 0 N–H and O–H groups in total. The van der Waals surface area contributed by atoms with Gasteiger partial charge in [0.05, 0.1) is 5.56 Å². The molecular weight excluding hydrogens is 397 g/mol. The number of hydrogen-bond donors (Lipinski definition) is 0. The van der Waals surface area contributed by atoms with Crippen molar-refractivity contribution in [3.05, 3.63) is 65.0 Å². The minimum Gasteiger partial charge on any atom is -0.423 e. The normalized spacial score (nSPS) is 20.3. The first kappa shape index (κ1) is 20.9. The van der Waals surface area contributed by atoms with Gasteiger partial charge in [-0.15, -0.1) is 0 Å². The molecule has 0 aliphatic heterocycles. The van der Waals surface area contributed by atoms with Gasteiger partial charge >= 0.3 is 5.97 Å². The molecular formula is C21H25F3O2Si2. The van der Waals surface area contributed by atoms with Gasteiger partial charge in [-0.25, -0.2) is 18.0 Å². The number of carbonyl (C=O) groups is 1. The number of esters is 1. The maximum atomic E-state index is 13.2. The van der Waals surface area contributed by atoms with Crippen molar-refractivity contribution in [2.24, 2.45) is 5.92 Å². The van der Waals surface area contributed by atoms with Crippen molar-refractivity contribution >= 4 is 24.0 Å². The molecule has 1 aliphatic rings. The number of rotatable bonds is 6. The Kier molecular flexibility index (Phi) is 7.12. The Morgan fingerprint density at radius 2 is 1.64 bits per heavy atom. The van der Waals surface area contributed by atoms with Gasteiger partial charge in [0.2, 0.25) is 0 Å². The summed E-state index contributed by atoms with van der Waals surface area (Å²) in [7, 11) is 0.569. The molecule has 1 aliphatic carbocycles. The van der Waals surface area contributed by atoms with Gasteiger partial charge in [-0.05, 0) is 42.4 Å². The van der Waals surface area contributed by atoms with Crippen LogP contribution in [0.15, 0.2) is 36.4 Å². The van der Waals surface area contributed by atoms with Crippen molar-refractivity contribution in [2.45, 2.75) is 44.2 Å². The van der Waals surface area contributed by atoms with Crippen LogP contribution in [0, 0.1) is 23.4 Å². The van der Waals surface area contributed by atoms with Gasteiger partial charge < -0.3 is 4.74 Å². The van der Waals surface area contributed by atoms with Gasteiger partial charge in [-0.2, -0.15) is 0 Å². The molecule has 2 aromatic carbocycles. The van der Waals surface area contributed by atoms with Crippen LogP contribution in [0.5, 0.6) is 5.75 Å². The highest BCUT2D eigenvalue weighted by Gasteiger charge is 2.22. The molecule has 7 heteroatoms. The highest BCUT2D eigenvalue weighted by molar-refractivity contribution is 6.99. The number of ether oxygens (including phenoxy) is 1. The Balaban J connectivity index is 1.59. The van der Waals surface area contributed by atoms with E-state index < -0.39 is 23.4 Å². The Morgan fingerprint density at radius 3 is 2.21 bits per heavy atom. The molecule has 28 heavy (non-hydrogen) atoms. The van der Waals surface area contributed by atoms with E-state index in [-0.39, 0.29) is 14.8 Å². The Hall–Kier alpha value is -1.87. The largest absolute Gasteiger partial charge is 0.423 e. The van der Waals surface area contributed by atoms with E-state index in [1.54, 1.807) is 12.1 Å². The van der Waals surface area contributed by atoms with Crippen LogP contribution in [0.25, 0.3) is 0 Å². The second-order valence-electron chi connectivity index (χ2n) is 7.57. The molecule has 0 unspecified atom stereocenters. The highest BCUT2D eigenvalue weighted by Crippen LogP contribution is 2.37. The summed E-state index contributed by atoms with van der Waals surface area (Å²) >= 11 is 0. The second kappa shape index (κ2) is 9.56. The third kappa shape index (κ3) is 5.14. The first-order valence-corrected chi connectivity index (χ1v) is 16.4. The van der Waals surface area contributed by atoms with E-state index in [1.807, 2.05) is 12.1 Å². The van der Waals surface area contributed by atoms with E-state index in [2.05, 4.69) is 6.55 Å². The lowest BCUT2D eigenvalue weighted by Crippen LogP contribution is -2.16. The van der Waals surface area contributed by atoms with Crippen molar-refractivity contribution < 1.29 is 22.7 Å². The molecule has 0 radical (unpaired) electrons. The highest BCUT2D eigenvalue weighted by atomic mass is 29.1. The fourth-order valence-electron chi connectivity index (χ4n) is 3.93. The first-order chi connectivity index (χ1) is 13.5. The molecule has 0 bridgehead atoms. The topological polar surface area (TPSA) is 26.3 Å². The molecule has 0 spiro atoms. The van der Waals surface area contributed by atoms with E-state index in [4.69, 9.17) is 4.74 Å². The van der Waals surface area contributed by atoms with Crippen LogP contribution in [0.2, 0.25) is 12.6 Å².